The molecule has 3 heteroatoms. The second-order valence-corrected chi connectivity index (χ2v) is 5.16. The molecule has 1 heterocycles. The smallest absolute Gasteiger partial charge is 0.0594 e. The maximum Gasteiger partial charge on any atom is 0.0594 e. The number of hydrogen-bond acceptors (Lipinski definition) is 3. The van der Waals surface area contributed by atoms with E-state index in [1.807, 2.05) is 0 Å². The predicted molar refractivity (Wildman–Crippen MR) is 74.6 cm³/mol. The van der Waals surface area contributed by atoms with Crippen LogP contribution in [0.25, 0.3) is 0 Å². The molecule has 100 valence electrons. The minimum atomic E-state index is 0.573. The summed E-state index contributed by atoms with van der Waals surface area (Å²) in [5.41, 5.74) is 1.38. The Hall–Kier alpha value is -0.900. The fourth-order valence-corrected chi connectivity index (χ4v) is 2.32. The molecule has 1 fully saturated rings. The average molecular weight is 248 g/mol. The van der Waals surface area contributed by atoms with Crippen LogP contribution in [0.1, 0.15) is 12.5 Å². The summed E-state index contributed by atoms with van der Waals surface area (Å²) in [7, 11) is 2.21. The van der Waals surface area contributed by atoms with Crippen LogP contribution in [-0.2, 0) is 11.3 Å². The third-order valence-electron chi connectivity index (χ3n) is 3.65. The highest BCUT2D eigenvalue weighted by molar-refractivity contribution is 5.14. The minimum absolute atomic E-state index is 0.573. The van der Waals surface area contributed by atoms with E-state index in [1.165, 1.54) is 5.56 Å². The predicted octanol–water partition coefficient (Wildman–Crippen LogP) is 1.84. The van der Waals surface area contributed by atoms with Crippen molar-refractivity contribution in [3.63, 3.8) is 0 Å². The molecule has 18 heavy (non-hydrogen) atoms. The first-order valence-corrected chi connectivity index (χ1v) is 6.80. The number of rotatable bonds is 5. The number of morpholine rings is 1. The highest BCUT2D eigenvalue weighted by Crippen LogP contribution is 2.08. The molecule has 1 aliphatic rings. The van der Waals surface area contributed by atoms with Crippen LogP contribution in [0, 0.1) is 0 Å². The van der Waals surface area contributed by atoms with Gasteiger partial charge >= 0.3 is 0 Å². The highest BCUT2D eigenvalue weighted by Gasteiger charge is 2.16. The summed E-state index contributed by atoms with van der Waals surface area (Å²) in [6.45, 7) is 8.37. The summed E-state index contributed by atoms with van der Waals surface area (Å²) < 4.78 is 5.38. The SMILES string of the molecule is C[C@H](CN1CCOCC1)N(C)Cc1ccccc1. The summed E-state index contributed by atoms with van der Waals surface area (Å²) in [5, 5.41) is 0. The van der Waals surface area contributed by atoms with Gasteiger partial charge in [0.1, 0.15) is 0 Å². The van der Waals surface area contributed by atoms with Crippen molar-refractivity contribution in [2.24, 2.45) is 0 Å². The molecule has 0 saturated carbocycles. The molecule has 0 N–H and O–H groups in total. The number of nitrogens with zero attached hydrogens (tertiary/aromatic N) is 2. The van der Waals surface area contributed by atoms with Gasteiger partial charge in [-0.1, -0.05) is 30.3 Å². The molecule has 0 spiro atoms. The summed E-state index contributed by atoms with van der Waals surface area (Å²) in [4.78, 5) is 4.92. The molecule has 0 aromatic heterocycles. The van der Waals surface area contributed by atoms with E-state index in [9.17, 15) is 0 Å². The Morgan fingerprint density at radius 2 is 1.89 bits per heavy atom. The Balaban J connectivity index is 1.79. The number of benzene rings is 1. The lowest BCUT2D eigenvalue weighted by Crippen LogP contribution is -2.44. The van der Waals surface area contributed by atoms with Crippen LogP contribution in [0.2, 0.25) is 0 Å². The quantitative estimate of drug-likeness (QED) is 0.791. The van der Waals surface area contributed by atoms with Crippen molar-refractivity contribution in [1.82, 2.24) is 9.80 Å². The van der Waals surface area contributed by atoms with Crippen molar-refractivity contribution in [2.45, 2.75) is 19.5 Å². The maximum atomic E-state index is 5.38. The van der Waals surface area contributed by atoms with Gasteiger partial charge in [-0.3, -0.25) is 9.80 Å². The first-order chi connectivity index (χ1) is 8.75. The molecular weight excluding hydrogens is 224 g/mol. The third kappa shape index (κ3) is 4.09. The minimum Gasteiger partial charge on any atom is -0.379 e. The summed E-state index contributed by atoms with van der Waals surface area (Å²) >= 11 is 0. The van der Waals surface area contributed by atoms with Gasteiger partial charge in [0.15, 0.2) is 0 Å². The summed E-state index contributed by atoms with van der Waals surface area (Å²) in [6, 6.07) is 11.2. The fourth-order valence-electron chi connectivity index (χ4n) is 2.32. The van der Waals surface area contributed by atoms with E-state index in [0.717, 1.165) is 39.4 Å². The van der Waals surface area contributed by atoms with Crippen molar-refractivity contribution >= 4 is 0 Å². The molecule has 0 radical (unpaired) electrons. The van der Waals surface area contributed by atoms with Crippen molar-refractivity contribution in [3.05, 3.63) is 35.9 Å². The highest BCUT2D eigenvalue weighted by atomic mass is 16.5. The van der Waals surface area contributed by atoms with E-state index >= 15 is 0 Å². The monoisotopic (exact) mass is 248 g/mol. The van der Waals surface area contributed by atoms with Crippen molar-refractivity contribution < 1.29 is 4.74 Å². The van der Waals surface area contributed by atoms with Crippen LogP contribution in [-0.4, -0.2) is 55.7 Å². The lowest BCUT2D eigenvalue weighted by molar-refractivity contribution is 0.0262. The van der Waals surface area contributed by atoms with Gasteiger partial charge in [0.25, 0.3) is 0 Å². The molecule has 1 aromatic carbocycles. The second-order valence-electron chi connectivity index (χ2n) is 5.16. The van der Waals surface area contributed by atoms with Gasteiger partial charge in [0.05, 0.1) is 13.2 Å². The van der Waals surface area contributed by atoms with Gasteiger partial charge in [0, 0.05) is 32.2 Å². The molecule has 1 aromatic rings. The molecule has 1 saturated heterocycles. The number of ether oxygens (including phenoxy) is 1. The normalized spacial score (nSPS) is 19.1. The Morgan fingerprint density at radius 1 is 1.22 bits per heavy atom. The van der Waals surface area contributed by atoms with E-state index < -0.39 is 0 Å². The van der Waals surface area contributed by atoms with Crippen LogP contribution in [0.5, 0.6) is 0 Å². The van der Waals surface area contributed by atoms with Gasteiger partial charge in [-0.05, 0) is 19.5 Å². The number of hydrogen-bond donors (Lipinski definition) is 0. The number of likely N-dealkylation sites (N-methyl/N-ethyl adjacent to an activating group) is 1. The van der Waals surface area contributed by atoms with Gasteiger partial charge in [0.2, 0.25) is 0 Å². The summed E-state index contributed by atoms with van der Waals surface area (Å²) in [6.07, 6.45) is 0. The lowest BCUT2D eigenvalue weighted by atomic mass is 10.2. The Bertz CT molecular complexity index is 336. The zero-order valence-electron chi connectivity index (χ0n) is 11.5. The fraction of sp³-hybridized carbons (Fsp3) is 0.600. The average Bonchev–Trinajstić information content (AvgIpc) is 2.41. The molecule has 1 aliphatic heterocycles. The van der Waals surface area contributed by atoms with Crippen molar-refractivity contribution in [3.8, 4) is 0 Å². The Kier molecular flexibility index (Phi) is 5.17. The van der Waals surface area contributed by atoms with Crippen LogP contribution < -0.4 is 0 Å². The van der Waals surface area contributed by atoms with Gasteiger partial charge in [-0.2, -0.15) is 0 Å². The molecule has 0 aliphatic carbocycles. The second kappa shape index (κ2) is 6.88. The van der Waals surface area contributed by atoms with Gasteiger partial charge in [-0.15, -0.1) is 0 Å². The van der Waals surface area contributed by atoms with Gasteiger partial charge in [-0.25, -0.2) is 0 Å². The first kappa shape index (κ1) is 13.5. The van der Waals surface area contributed by atoms with E-state index in [-0.39, 0.29) is 0 Å². The van der Waals surface area contributed by atoms with E-state index in [1.54, 1.807) is 0 Å². The molecule has 2 rings (SSSR count). The van der Waals surface area contributed by atoms with Crippen molar-refractivity contribution in [2.75, 3.05) is 39.9 Å². The standard InChI is InChI=1S/C15H24N2O/c1-14(12-17-8-10-18-11-9-17)16(2)13-15-6-4-3-5-7-15/h3-7,14H,8-13H2,1-2H3/t14-/m1/s1. The van der Waals surface area contributed by atoms with E-state index in [2.05, 4.69) is 54.1 Å². The molecule has 0 unspecified atom stereocenters. The first-order valence-electron chi connectivity index (χ1n) is 6.80. The molecule has 0 bridgehead atoms. The van der Waals surface area contributed by atoms with Crippen LogP contribution in [0.15, 0.2) is 30.3 Å². The summed E-state index contributed by atoms with van der Waals surface area (Å²) in [5.74, 6) is 0. The Labute approximate surface area is 110 Å². The van der Waals surface area contributed by atoms with Crippen LogP contribution >= 0.6 is 0 Å². The van der Waals surface area contributed by atoms with Crippen LogP contribution in [0.4, 0.5) is 0 Å². The van der Waals surface area contributed by atoms with E-state index in [0.29, 0.717) is 6.04 Å². The Morgan fingerprint density at radius 3 is 2.56 bits per heavy atom. The molecular formula is C15H24N2O. The zero-order valence-corrected chi connectivity index (χ0v) is 11.5. The molecule has 0 amide bonds. The molecule has 1 atom stereocenters. The van der Waals surface area contributed by atoms with Crippen molar-refractivity contribution in [1.29, 1.82) is 0 Å². The van der Waals surface area contributed by atoms with E-state index in [4.69, 9.17) is 4.74 Å². The van der Waals surface area contributed by atoms with Gasteiger partial charge < -0.3 is 4.74 Å². The lowest BCUT2D eigenvalue weighted by Gasteiger charge is -2.33. The largest absolute Gasteiger partial charge is 0.379 e. The zero-order chi connectivity index (χ0) is 12.8. The molecule has 3 nitrogen and oxygen atoms in total. The third-order valence-corrected chi connectivity index (χ3v) is 3.65. The topological polar surface area (TPSA) is 15.7 Å². The maximum absolute atomic E-state index is 5.38. The van der Waals surface area contributed by atoms with Crippen LogP contribution in [0.3, 0.4) is 0 Å².